The molecular formula is C27H33N2O2+. The molecule has 0 amide bonds. The van der Waals surface area contributed by atoms with E-state index in [1.54, 1.807) is 0 Å². The molecule has 3 aromatic rings. The minimum atomic E-state index is -0.459. The summed E-state index contributed by atoms with van der Waals surface area (Å²) in [5.74, 6) is 0.800. The molecule has 3 aromatic carbocycles. The lowest BCUT2D eigenvalue weighted by Gasteiger charge is -2.34. The fraction of sp³-hybridized carbons (Fsp3) is 0.333. The maximum atomic E-state index is 10.5. The van der Waals surface area contributed by atoms with Crippen LogP contribution in [0.1, 0.15) is 12.5 Å². The number of ether oxygens (including phenoxy) is 1. The van der Waals surface area contributed by atoms with E-state index in [1.807, 2.05) is 30.3 Å². The van der Waals surface area contributed by atoms with Gasteiger partial charge < -0.3 is 19.6 Å². The third kappa shape index (κ3) is 5.87. The summed E-state index contributed by atoms with van der Waals surface area (Å²) in [6.07, 6.45) is 0.620. The fourth-order valence-electron chi connectivity index (χ4n) is 4.19. The van der Waals surface area contributed by atoms with Crippen molar-refractivity contribution >= 4 is 5.69 Å². The van der Waals surface area contributed by atoms with E-state index in [2.05, 4.69) is 60.4 Å². The van der Waals surface area contributed by atoms with E-state index in [0.717, 1.165) is 44.9 Å². The summed E-state index contributed by atoms with van der Waals surface area (Å²) >= 11 is 0. The van der Waals surface area contributed by atoms with Crippen LogP contribution in [0.4, 0.5) is 5.69 Å². The maximum Gasteiger partial charge on any atom is 0.137 e. The van der Waals surface area contributed by atoms with Gasteiger partial charge in [0.1, 0.15) is 25.0 Å². The Kier molecular flexibility index (Phi) is 7.23. The highest BCUT2D eigenvalue weighted by molar-refractivity contribution is 5.63. The second-order valence-corrected chi connectivity index (χ2v) is 8.32. The molecule has 0 aliphatic carbocycles. The zero-order valence-corrected chi connectivity index (χ0v) is 18.3. The lowest BCUT2D eigenvalue weighted by atomic mass is 10.1. The highest BCUT2D eigenvalue weighted by Gasteiger charge is 2.22. The lowest BCUT2D eigenvalue weighted by Crippen LogP contribution is -3.16. The van der Waals surface area contributed by atoms with Gasteiger partial charge in [-0.2, -0.15) is 0 Å². The molecule has 0 saturated carbocycles. The van der Waals surface area contributed by atoms with E-state index >= 15 is 0 Å². The summed E-state index contributed by atoms with van der Waals surface area (Å²) in [7, 11) is 0. The van der Waals surface area contributed by atoms with Gasteiger partial charge >= 0.3 is 0 Å². The Morgan fingerprint density at radius 3 is 2.16 bits per heavy atom. The standard InChI is InChI=1S/C27H32N2O2/c1-2-22-8-12-25(13-9-22)29-18-16-28(17-19-29)20-26(30)21-31-27-14-10-24(11-15-27)23-6-4-3-5-7-23/h3-15,26,30H,2,16-21H2,1H3/p+1/t26-/m0/s1. The van der Waals surface area contributed by atoms with Crippen molar-refractivity contribution in [2.24, 2.45) is 0 Å². The van der Waals surface area contributed by atoms with E-state index < -0.39 is 6.10 Å². The monoisotopic (exact) mass is 417 g/mol. The first-order valence-corrected chi connectivity index (χ1v) is 11.3. The van der Waals surface area contributed by atoms with Crippen LogP contribution < -0.4 is 14.5 Å². The van der Waals surface area contributed by atoms with Crippen molar-refractivity contribution in [2.45, 2.75) is 19.4 Å². The van der Waals surface area contributed by atoms with Crippen molar-refractivity contribution in [3.63, 3.8) is 0 Å². The number of quaternary nitrogens is 1. The number of anilines is 1. The number of nitrogens with one attached hydrogen (secondary N) is 1. The molecule has 1 saturated heterocycles. The number of aliphatic hydroxyl groups excluding tert-OH is 1. The van der Waals surface area contributed by atoms with Crippen LogP contribution in [0, 0.1) is 0 Å². The summed E-state index contributed by atoms with van der Waals surface area (Å²) in [5, 5.41) is 10.5. The highest BCUT2D eigenvalue weighted by atomic mass is 16.5. The predicted molar refractivity (Wildman–Crippen MR) is 127 cm³/mol. The fourth-order valence-corrected chi connectivity index (χ4v) is 4.19. The average Bonchev–Trinajstić information content (AvgIpc) is 2.84. The van der Waals surface area contributed by atoms with Gasteiger partial charge in [0, 0.05) is 5.69 Å². The van der Waals surface area contributed by atoms with Crippen molar-refractivity contribution in [2.75, 3.05) is 44.2 Å². The smallest absolute Gasteiger partial charge is 0.137 e. The SMILES string of the molecule is CCc1ccc(N2CC[NH+](C[C@H](O)COc3ccc(-c4ccccc4)cc3)CC2)cc1. The summed E-state index contributed by atoms with van der Waals surface area (Å²) in [5.41, 5.74) is 5.04. The Labute approximate surface area is 185 Å². The Hall–Kier alpha value is -2.82. The van der Waals surface area contributed by atoms with Gasteiger partial charge in [0.25, 0.3) is 0 Å². The number of hydrogen-bond acceptors (Lipinski definition) is 3. The molecule has 1 aliphatic heterocycles. The number of nitrogens with zero attached hydrogens (tertiary/aromatic N) is 1. The molecule has 1 heterocycles. The first-order chi connectivity index (χ1) is 15.2. The van der Waals surface area contributed by atoms with Crippen LogP contribution in [0.25, 0.3) is 11.1 Å². The van der Waals surface area contributed by atoms with Gasteiger partial charge in [-0.1, -0.05) is 61.5 Å². The van der Waals surface area contributed by atoms with Crippen molar-refractivity contribution in [3.8, 4) is 16.9 Å². The van der Waals surface area contributed by atoms with Crippen molar-refractivity contribution in [3.05, 3.63) is 84.4 Å². The molecule has 4 rings (SSSR count). The zero-order valence-electron chi connectivity index (χ0n) is 18.3. The Bertz CT molecular complexity index is 918. The second kappa shape index (κ2) is 10.5. The number of benzene rings is 3. The molecule has 31 heavy (non-hydrogen) atoms. The molecule has 0 bridgehead atoms. The third-order valence-electron chi connectivity index (χ3n) is 6.11. The maximum absolute atomic E-state index is 10.5. The topological polar surface area (TPSA) is 37.1 Å². The minimum Gasteiger partial charge on any atom is -0.491 e. The van der Waals surface area contributed by atoms with Gasteiger partial charge in [-0.25, -0.2) is 0 Å². The number of rotatable bonds is 8. The summed E-state index contributed by atoms with van der Waals surface area (Å²) in [6.45, 7) is 7.37. The van der Waals surface area contributed by atoms with Gasteiger partial charge in [0.15, 0.2) is 0 Å². The zero-order chi connectivity index (χ0) is 21.5. The predicted octanol–water partition coefficient (Wildman–Crippen LogP) is 3.06. The van der Waals surface area contributed by atoms with Gasteiger partial charge in [-0.05, 0) is 47.4 Å². The molecule has 1 atom stereocenters. The number of aliphatic hydroxyl groups is 1. The Balaban J connectivity index is 1.20. The van der Waals surface area contributed by atoms with Gasteiger partial charge in [-0.3, -0.25) is 0 Å². The highest BCUT2D eigenvalue weighted by Crippen LogP contribution is 2.22. The molecule has 2 N–H and O–H groups in total. The van der Waals surface area contributed by atoms with Crippen LogP contribution in [-0.2, 0) is 6.42 Å². The van der Waals surface area contributed by atoms with Gasteiger partial charge in [-0.15, -0.1) is 0 Å². The van der Waals surface area contributed by atoms with Crippen molar-refractivity contribution in [1.29, 1.82) is 0 Å². The molecule has 0 radical (unpaired) electrons. The van der Waals surface area contributed by atoms with E-state index in [1.165, 1.54) is 27.3 Å². The summed E-state index contributed by atoms with van der Waals surface area (Å²) in [6, 6.07) is 27.3. The third-order valence-corrected chi connectivity index (χ3v) is 6.11. The summed E-state index contributed by atoms with van der Waals surface area (Å²) in [4.78, 5) is 3.89. The van der Waals surface area contributed by atoms with E-state index in [9.17, 15) is 5.11 Å². The molecule has 0 spiro atoms. The molecule has 162 valence electrons. The molecule has 4 heteroatoms. The van der Waals surface area contributed by atoms with E-state index in [4.69, 9.17) is 4.74 Å². The second-order valence-electron chi connectivity index (χ2n) is 8.32. The minimum absolute atomic E-state index is 0.330. The van der Waals surface area contributed by atoms with Crippen LogP contribution in [-0.4, -0.2) is 50.5 Å². The van der Waals surface area contributed by atoms with Gasteiger partial charge in [0.2, 0.25) is 0 Å². The number of aryl methyl sites for hydroxylation is 1. The first kappa shape index (κ1) is 21.4. The molecule has 1 aliphatic rings. The van der Waals surface area contributed by atoms with Crippen LogP contribution in [0.3, 0.4) is 0 Å². The quantitative estimate of drug-likeness (QED) is 0.592. The normalized spacial score (nSPS) is 15.6. The van der Waals surface area contributed by atoms with Crippen LogP contribution in [0.5, 0.6) is 5.75 Å². The van der Waals surface area contributed by atoms with E-state index in [-0.39, 0.29) is 0 Å². The molecule has 0 aromatic heterocycles. The van der Waals surface area contributed by atoms with Crippen LogP contribution in [0.2, 0.25) is 0 Å². The van der Waals surface area contributed by atoms with Gasteiger partial charge in [0.05, 0.1) is 26.2 Å². The lowest BCUT2D eigenvalue weighted by molar-refractivity contribution is -0.903. The molecule has 0 unspecified atom stereocenters. The Morgan fingerprint density at radius 1 is 0.871 bits per heavy atom. The summed E-state index contributed by atoms with van der Waals surface area (Å²) < 4.78 is 5.84. The molecule has 4 nitrogen and oxygen atoms in total. The number of hydrogen-bond donors (Lipinski definition) is 2. The first-order valence-electron chi connectivity index (χ1n) is 11.3. The Morgan fingerprint density at radius 2 is 1.52 bits per heavy atom. The number of piperazine rings is 1. The molecule has 1 fully saturated rings. The van der Waals surface area contributed by atoms with Crippen molar-refractivity contribution in [1.82, 2.24) is 0 Å². The van der Waals surface area contributed by atoms with E-state index in [0.29, 0.717) is 6.61 Å². The average molecular weight is 418 g/mol. The van der Waals surface area contributed by atoms with Crippen LogP contribution >= 0.6 is 0 Å². The van der Waals surface area contributed by atoms with Crippen LogP contribution in [0.15, 0.2) is 78.9 Å². The largest absolute Gasteiger partial charge is 0.491 e. The molecular weight excluding hydrogens is 384 g/mol. The van der Waals surface area contributed by atoms with Crippen molar-refractivity contribution < 1.29 is 14.7 Å².